The van der Waals surface area contributed by atoms with Crippen LogP contribution in [0, 0.1) is 0 Å². The predicted octanol–water partition coefficient (Wildman–Crippen LogP) is 3.31. The molecule has 0 unspecified atom stereocenters. The van der Waals surface area contributed by atoms with Gasteiger partial charge in [0.15, 0.2) is 0 Å². The van der Waals surface area contributed by atoms with E-state index in [9.17, 15) is 14.4 Å². The highest BCUT2D eigenvalue weighted by Gasteiger charge is 2.26. The van der Waals surface area contributed by atoms with E-state index >= 15 is 0 Å². The summed E-state index contributed by atoms with van der Waals surface area (Å²) >= 11 is 0. The lowest BCUT2D eigenvalue weighted by Crippen LogP contribution is -2.39. The molecule has 0 heterocycles. The van der Waals surface area contributed by atoms with Gasteiger partial charge in [-0.25, -0.2) is 9.59 Å². The zero-order chi connectivity index (χ0) is 14.0. The van der Waals surface area contributed by atoms with Crippen LogP contribution in [0.2, 0.25) is 0 Å². The molecule has 0 atom stereocenters. The van der Waals surface area contributed by atoms with Crippen LogP contribution in [-0.4, -0.2) is 33.2 Å². The fourth-order valence-electron chi connectivity index (χ4n) is 1.64. The van der Waals surface area contributed by atoms with E-state index < -0.39 is 18.1 Å². The van der Waals surface area contributed by atoms with E-state index in [-0.39, 0.29) is 11.3 Å². The molecule has 0 bridgehead atoms. The van der Waals surface area contributed by atoms with Crippen LogP contribution < -0.4 is 0 Å². The quantitative estimate of drug-likeness (QED) is 0.652. The molecule has 0 saturated heterocycles. The first kappa shape index (κ1) is 16.4. The number of carbonyl (C=O) groups excluding carboxylic acids is 1. The lowest BCUT2D eigenvalue weighted by atomic mass is 10.1. The van der Waals surface area contributed by atoms with Gasteiger partial charge in [-0.1, -0.05) is 45.4 Å². The normalized spacial score (nSPS) is 10.1. The Morgan fingerprint density at radius 2 is 1.28 bits per heavy atom. The Labute approximate surface area is 107 Å². The molecule has 0 aromatic carbocycles. The Morgan fingerprint density at radius 3 is 1.72 bits per heavy atom. The topological polar surface area (TPSA) is 94.9 Å². The Morgan fingerprint density at radius 1 is 0.833 bits per heavy atom. The smallest absolute Gasteiger partial charge is 0.423 e. The lowest BCUT2D eigenvalue weighted by molar-refractivity contribution is -0.127. The molecule has 0 aliphatic rings. The van der Waals surface area contributed by atoms with E-state index in [0.29, 0.717) is 6.42 Å². The number of hydrogen-bond acceptors (Lipinski definition) is 3. The molecule has 0 aliphatic heterocycles. The Bertz CT molecular complexity index is 276. The van der Waals surface area contributed by atoms with Crippen molar-refractivity contribution in [2.24, 2.45) is 0 Å². The molecular weight excluding hydrogens is 238 g/mol. The molecule has 0 aromatic rings. The van der Waals surface area contributed by atoms with Gasteiger partial charge in [0.25, 0.3) is 0 Å². The van der Waals surface area contributed by atoms with Crippen molar-refractivity contribution in [1.82, 2.24) is 4.90 Å². The van der Waals surface area contributed by atoms with Crippen molar-refractivity contribution in [2.45, 2.75) is 58.3 Å². The van der Waals surface area contributed by atoms with Gasteiger partial charge in [0, 0.05) is 6.42 Å². The predicted molar refractivity (Wildman–Crippen MR) is 65.5 cm³/mol. The maximum atomic E-state index is 11.3. The van der Waals surface area contributed by atoms with E-state index in [1.54, 1.807) is 0 Å². The molecule has 0 fully saturated rings. The van der Waals surface area contributed by atoms with Gasteiger partial charge in [-0.15, -0.1) is 4.90 Å². The highest BCUT2D eigenvalue weighted by molar-refractivity contribution is 6.05. The highest BCUT2D eigenvalue weighted by atomic mass is 16.4. The molecule has 18 heavy (non-hydrogen) atoms. The minimum absolute atomic E-state index is 0.0353. The van der Waals surface area contributed by atoms with E-state index in [1.807, 2.05) is 0 Å². The number of unbranched alkanes of at least 4 members (excludes halogenated alkanes) is 6. The fourth-order valence-corrected chi connectivity index (χ4v) is 1.64. The summed E-state index contributed by atoms with van der Waals surface area (Å²) in [6.45, 7) is 2.13. The van der Waals surface area contributed by atoms with Gasteiger partial charge in [-0.3, -0.25) is 4.79 Å². The third-order valence-electron chi connectivity index (χ3n) is 2.63. The van der Waals surface area contributed by atoms with Gasteiger partial charge >= 0.3 is 12.2 Å². The molecule has 0 saturated carbocycles. The van der Waals surface area contributed by atoms with Crippen molar-refractivity contribution in [1.29, 1.82) is 0 Å². The molecule has 0 radical (unpaired) electrons. The van der Waals surface area contributed by atoms with Crippen LogP contribution >= 0.6 is 0 Å². The first-order valence-electron chi connectivity index (χ1n) is 6.29. The van der Waals surface area contributed by atoms with Gasteiger partial charge in [0.1, 0.15) is 0 Å². The number of amides is 3. The van der Waals surface area contributed by atoms with Crippen LogP contribution in [0.5, 0.6) is 0 Å². The average molecular weight is 259 g/mol. The molecular formula is C12H21NO5. The van der Waals surface area contributed by atoms with Crippen LogP contribution in [0.1, 0.15) is 58.3 Å². The Kier molecular flexibility index (Phi) is 8.61. The van der Waals surface area contributed by atoms with Crippen molar-refractivity contribution >= 4 is 18.1 Å². The maximum absolute atomic E-state index is 11.3. The Hall–Kier alpha value is -1.59. The summed E-state index contributed by atoms with van der Waals surface area (Å²) in [4.78, 5) is 32.2. The number of nitrogens with zero attached hydrogens (tertiary/aromatic N) is 1. The zero-order valence-corrected chi connectivity index (χ0v) is 10.7. The van der Waals surface area contributed by atoms with Crippen molar-refractivity contribution in [3.8, 4) is 0 Å². The maximum Gasteiger partial charge on any atom is 0.423 e. The first-order valence-corrected chi connectivity index (χ1v) is 6.29. The molecule has 6 nitrogen and oxygen atoms in total. The second kappa shape index (κ2) is 9.44. The molecule has 6 heteroatoms. The summed E-state index contributed by atoms with van der Waals surface area (Å²) in [5.41, 5.74) is 0. The summed E-state index contributed by atoms with van der Waals surface area (Å²) in [5, 5.41) is 17.1. The zero-order valence-electron chi connectivity index (χ0n) is 10.7. The van der Waals surface area contributed by atoms with Crippen molar-refractivity contribution in [3.63, 3.8) is 0 Å². The van der Waals surface area contributed by atoms with E-state index in [2.05, 4.69) is 6.92 Å². The summed E-state index contributed by atoms with van der Waals surface area (Å²) in [5.74, 6) is -0.872. The number of rotatable bonds is 8. The van der Waals surface area contributed by atoms with Crippen LogP contribution in [0.25, 0.3) is 0 Å². The minimum Gasteiger partial charge on any atom is -0.464 e. The standard InChI is InChI=1S/C12H21NO5/c1-2-3-4-5-6-7-8-9-10(14)13(11(15)16)12(17)18/h2-9H2,1H3,(H,15,16)(H,17,18). The molecule has 3 amide bonds. The summed E-state index contributed by atoms with van der Waals surface area (Å²) in [6.07, 6.45) is 3.47. The Balaban J connectivity index is 3.75. The molecule has 0 aromatic heterocycles. The van der Waals surface area contributed by atoms with E-state index in [1.165, 1.54) is 19.3 Å². The second-order valence-corrected chi connectivity index (χ2v) is 4.17. The number of carbonyl (C=O) groups is 3. The third-order valence-corrected chi connectivity index (χ3v) is 2.63. The van der Waals surface area contributed by atoms with Crippen molar-refractivity contribution in [3.05, 3.63) is 0 Å². The molecule has 0 rings (SSSR count). The molecule has 0 aliphatic carbocycles. The van der Waals surface area contributed by atoms with Gasteiger partial charge in [-0.2, -0.15) is 0 Å². The second-order valence-electron chi connectivity index (χ2n) is 4.17. The van der Waals surface area contributed by atoms with Crippen LogP contribution in [0.4, 0.5) is 9.59 Å². The number of hydrogen-bond donors (Lipinski definition) is 2. The summed E-state index contributed by atoms with van der Waals surface area (Å²) < 4.78 is 0. The van der Waals surface area contributed by atoms with Crippen LogP contribution in [0.15, 0.2) is 0 Å². The lowest BCUT2D eigenvalue weighted by Gasteiger charge is -2.10. The molecule has 104 valence electrons. The van der Waals surface area contributed by atoms with Crippen molar-refractivity contribution in [2.75, 3.05) is 0 Å². The van der Waals surface area contributed by atoms with Gasteiger partial charge in [-0.05, 0) is 6.42 Å². The van der Waals surface area contributed by atoms with Crippen LogP contribution in [0.3, 0.4) is 0 Å². The third kappa shape index (κ3) is 6.88. The van der Waals surface area contributed by atoms with Gasteiger partial charge < -0.3 is 10.2 Å². The summed E-state index contributed by atoms with van der Waals surface area (Å²) in [7, 11) is 0. The average Bonchev–Trinajstić information content (AvgIpc) is 2.26. The largest absolute Gasteiger partial charge is 0.464 e. The molecule has 2 N–H and O–H groups in total. The van der Waals surface area contributed by atoms with Crippen LogP contribution in [-0.2, 0) is 4.79 Å². The number of carboxylic acid groups (broad SMARTS) is 2. The first-order chi connectivity index (χ1) is 8.50. The monoisotopic (exact) mass is 259 g/mol. The molecule has 0 spiro atoms. The van der Waals surface area contributed by atoms with E-state index in [0.717, 1.165) is 19.3 Å². The minimum atomic E-state index is -1.74. The SMILES string of the molecule is CCCCCCCCCC(=O)N(C(=O)O)C(=O)O. The summed E-state index contributed by atoms with van der Waals surface area (Å²) in [6, 6.07) is 0. The highest BCUT2D eigenvalue weighted by Crippen LogP contribution is 2.09. The van der Waals surface area contributed by atoms with Gasteiger partial charge in [0.2, 0.25) is 5.91 Å². The van der Waals surface area contributed by atoms with Gasteiger partial charge in [0.05, 0.1) is 0 Å². The fraction of sp³-hybridized carbons (Fsp3) is 0.750. The van der Waals surface area contributed by atoms with Crippen molar-refractivity contribution < 1.29 is 24.6 Å². The number of imide groups is 3. The van der Waals surface area contributed by atoms with E-state index in [4.69, 9.17) is 10.2 Å².